The van der Waals surface area contributed by atoms with Gasteiger partial charge in [-0.2, -0.15) is 0 Å². The van der Waals surface area contributed by atoms with Crippen LogP contribution in [-0.2, 0) is 0 Å². The molecule has 1 atom stereocenters. The molecule has 0 amide bonds. The number of hydrogen-bond acceptors (Lipinski definition) is 1. The van der Waals surface area contributed by atoms with Crippen LogP contribution in [0.5, 0.6) is 0 Å². The van der Waals surface area contributed by atoms with Gasteiger partial charge in [0.05, 0.1) is 0 Å². The van der Waals surface area contributed by atoms with Crippen molar-refractivity contribution in [2.45, 2.75) is 6.10 Å². The Hall–Kier alpha value is -0.860. The lowest BCUT2D eigenvalue weighted by Gasteiger charge is -1.89. The van der Waals surface area contributed by atoms with Gasteiger partial charge in [-0.1, -0.05) is 35.2 Å². The van der Waals surface area contributed by atoms with E-state index in [2.05, 4.69) is 17.8 Å². The molecule has 1 N–H and O–H groups in total. The molecule has 3 heteroatoms. The first-order valence-electron chi connectivity index (χ1n) is 3.00. The lowest BCUT2D eigenvalue weighted by Crippen LogP contribution is -1.95. The van der Waals surface area contributed by atoms with Crippen molar-refractivity contribution in [2.75, 3.05) is 0 Å². The summed E-state index contributed by atoms with van der Waals surface area (Å²) in [7, 11) is 0. The maximum Gasteiger partial charge on any atom is 0.134 e. The molecule has 0 radical (unpaired) electrons. The predicted molar refractivity (Wildman–Crippen MR) is 51.5 cm³/mol. The Balaban J connectivity index is 4.02. The predicted octanol–water partition coefficient (Wildman–Crippen LogP) is 1.86. The second kappa shape index (κ2) is 6.83. The maximum atomic E-state index is 9.02. The van der Waals surface area contributed by atoms with Gasteiger partial charge in [-0.25, -0.2) is 0 Å². The summed E-state index contributed by atoms with van der Waals surface area (Å²) >= 11 is 10.6. The highest BCUT2D eigenvalue weighted by Gasteiger charge is 1.87. The highest BCUT2D eigenvalue weighted by molar-refractivity contribution is 6.55. The summed E-state index contributed by atoms with van der Waals surface area (Å²) in [6.45, 7) is 0. The molecule has 0 aromatic carbocycles. The van der Waals surface area contributed by atoms with E-state index < -0.39 is 6.10 Å². The van der Waals surface area contributed by atoms with Crippen LogP contribution in [0, 0.1) is 24.2 Å². The minimum absolute atomic E-state index is 0.114. The van der Waals surface area contributed by atoms with Crippen molar-refractivity contribution in [3.8, 4) is 24.2 Å². The van der Waals surface area contributed by atoms with Gasteiger partial charge in [0.25, 0.3) is 0 Å². The molecule has 0 spiro atoms. The zero-order valence-corrected chi connectivity index (χ0v) is 7.60. The Morgan fingerprint density at radius 3 is 2.67 bits per heavy atom. The van der Waals surface area contributed by atoms with Crippen molar-refractivity contribution in [2.24, 2.45) is 0 Å². The summed E-state index contributed by atoms with van der Waals surface area (Å²) in [5, 5.41) is 9.02. The van der Waals surface area contributed by atoms with E-state index in [-0.39, 0.29) is 4.49 Å². The summed E-state index contributed by atoms with van der Waals surface area (Å²) in [6.07, 6.45) is 8.28. The number of terminal acetylenes is 1. The van der Waals surface area contributed by atoms with Crippen molar-refractivity contribution >= 4 is 23.2 Å². The van der Waals surface area contributed by atoms with Gasteiger partial charge in [0, 0.05) is 0 Å². The number of aliphatic hydroxyl groups excluding tert-OH is 1. The monoisotopic (exact) mass is 200 g/mol. The third-order valence-electron chi connectivity index (χ3n) is 0.808. The molecule has 0 aliphatic carbocycles. The second-order valence-corrected chi connectivity index (χ2v) is 2.71. The minimum Gasteiger partial charge on any atom is -0.377 e. The van der Waals surface area contributed by atoms with Gasteiger partial charge >= 0.3 is 0 Å². The van der Waals surface area contributed by atoms with Crippen LogP contribution in [0.3, 0.4) is 0 Å². The van der Waals surface area contributed by atoms with Crippen LogP contribution in [0.25, 0.3) is 0 Å². The molecule has 0 aliphatic rings. The molecule has 0 saturated carbocycles. The van der Waals surface area contributed by atoms with Crippen LogP contribution in [0.1, 0.15) is 0 Å². The van der Waals surface area contributed by atoms with E-state index in [1.54, 1.807) is 0 Å². The first kappa shape index (κ1) is 11.1. The maximum absolute atomic E-state index is 9.02. The molecule has 0 heterocycles. The molecule has 1 unspecified atom stereocenters. The molecule has 1 nitrogen and oxygen atoms in total. The van der Waals surface area contributed by atoms with Crippen molar-refractivity contribution in [3.05, 3.63) is 22.7 Å². The van der Waals surface area contributed by atoms with Crippen LogP contribution < -0.4 is 0 Å². The van der Waals surface area contributed by atoms with E-state index >= 15 is 0 Å². The highest BCUT2D eigenvalue weighted by atomic mass is 35.5. The summed E-state index contributed by atoms with van der Waals surface area (Å²) < 4.78 is 0.114. The molecule has 0 bridgehead atoms. The first-order valence-corrected chi connectivity index (χ1v) is 3.76. The summed E-state index contributed by atoms with van der Waals surface area (Å²) in [5.41, 5.74) is 0. The summed E-state index contributed by atoms with van der Waals surface area (Å²) in [4.78, 5) is 0. The molecule has 0 aliphatic heterocycles. The number of hydrogen-bond donors (Lipinski definition) is 1. The Kier molecular flexibility index (Phi) is 6.34. The quantitative estimate of drug-likeness (QED) is 0.534. The van der Waals surface area contributed by atoms with Gasteiger partial charge in [-0.15, -0.1) is 6.42 Å². The fraction of sp³-hybridized carbons (Fsp3) is 0.111. The standard InChI is InChI=1S/C9H6Cl2O/c1-2-3-5-8(12)6-4-7-9(10)11/h1,4,6-8,12H/b6-4+. The molecule has 0 fully saturated rings. The van der Waals surface area contributed by atoms with Crippen LogP contribution in [-0.4, -0.2) is 11.2 Å². The van der Waals surface area contributed by atoms with Crippen LogP contribution in [0.2, 0.25) is 0 Å². The van der Waals surface area contributed by atoms with Gasteiger partial charge in [-0.05, 0) is 24.0 Å². The van der Waals surface area contributed by atoms with Crippen LogP contribution in [0.4, 0.5) is 0 Å². The van der Waals surface area contributed by atoms with Crippen molar-refractivity contribution in [3.63, 3.8) is 0 Å². The molecular formula is C9H6Cl2O. The number of aliphatic hydroxyl groups is 1. The SMILES string of the molecule is C#CC#CC(O)/C=C/C=C(Cl)Cl. The lowest BCUT2D eigenvalue weighted by atomic mass is 10.3. The van der Waals surface area contributed by atoms with Crippen LogP contribution >= 0.6 is 23.2 Å². The summed E-state index contributed by atoms with van der Waals surface area (Å²) in [6, 6.07) is 0. The van der Waals surface area contributed by atoms with Crippen molar-refractivity contribution < 1.29 is 5.11 Å². The summed E-state index contributed by atoms with van der Waals surface area (Å²) in [5.74, 6) is 6.72. The zero-order chi connectivity index (χ0) is 9.40. The van der Waals surface area contributed by atoms with E-state index in [9.17, 15) is 0 Å². The number of allylic oxidation sites excluding steroid dienone is 2. The Morgan fingerprint density at radius 1 is 1.50 bits per heavy atom. The topological polar surface area (TPSA) is 20.2 Å². The molecule has 0 aromatic heterocycles. The van der Waals surface area contributed by atoms with E-state index in [0.717, 1.165) is 0 Å². The average molecular weight is 201 g/mol. The lowest BCUT2D eigenvalue weighted by molar-refractivity contribution is 0.281. The van der Waals surface area contributed by atoms with Gasteiger partial charge in [-0.3, -0.25) is 0 Å². The molecule has 0 rings (SSSR count). The first-order chi connectivity index (χ1) is 5.66. The van der Waals surface area contributed by atoms with Crippen molar-refractivity contribution in [1.29, 1.82) is 0 Å². The molecule has 12 heavy (non-hydrogen) atoms. The zero-order valence-electron chi connectivity index (χ0n) is 6.09. The van der Waals surface area contributed by atoms with Crippen molar-refractivity contribution in [1.82, 2.24) is 0 Å². The minimum atomic E-state index is -0.884. The largest absolute Gasteiger partial charge is 0.377 e. The fourth-order valence-electron chi connectivity index (χ4n) is 0.397. The van der Waals surface area contributed by atoms with Crippen LogP contribution in [0.15, 0.2) is 22.7 Å². The normalized spacial score (nSPS) is 11.2. The van der Waals surface area contributed by atoms with Gasteiger partial charge in [0.15, 0.2) is 0 Å². The van der Waals surface area contributed by atoms with E-state index in [0.29, 0.717) is 0 Å². The second-order valence-electron chi connectivity index (χ2n) is 1.70. The molecular weight excluding hydrogens is 195 g/mol. The smallest absolute Gasteiger partial charge is 0.134 e. The Labute approximate surface area is 81.7 Å². The van der Waals surface area contributed by atoms with E-state index in [1.165, 1.54) is 18.2 Å². The third-order valence-corrected chi connectivity index (χ3v) is 1.06. The Bertz CT molecular complexity index is 282. The number of halogens is 2. The Morgan fingerprint density at radius 2 is 2.17 bits per heavy atom. The van der Waals surface area contributed by atoms with Gasteiger partial charge in [0.1, 0.15) is 10.6 Å². The average Bonchev–Trinajstić information content (AvgIpc) is 2.00. The molecule has 62 valence electrons. The van der Waals surface area contributed by atoms with E-state index in [1.807, 2.05) is 0 Å². The van der Waals surface area contributed by atoms with Gasteiger partial charge in [0.2, 0.25) is 0 Å². The molecule has 0 aromatic rings. The number of rotatable bonds is 2. The fourth-order valence-corrected chi connectivity index (χ4v) is 0.543. The molecule has 0 saturated heterocycles. The van der Waals surface area contributed by atoms with Gasteiger partial charge < -0.3 is 5.11 Å². The highest BCUT2D eigenvalue weighted by Crippen LogP contribution is 2.05. The van der Waals surface area contributed by atoms with E-state index in [4.69, 9.17) is 34.7 Å². The third kappa shape index (κ3) is 7.25.